The zero-order chi connectivity index (χ0) is 25.5. The number of hydrogen-bond acceptors (Lipinski definition) is 6. The molecule has 7 nitrogen and oxygen atoms in total. The van der Waals surface area contributed by atoms with Gasteiger partial charge in [0.1, 0.15) is 16.5 Å². The fourth-order valence-corrected chi connectivity index (χ4v) is 4.82. The van der Waals surface area contributed by atoms with Crippen molar-refractivity contribution >= 4 is 16.2 Å². The molecule has 194 valence electrons. The molecule has 0 amide bonds. The first-order valence-corrected chi connectivity index (χ1v) is 14.3. The molecule has 0 radical (unpaired) electrons. The van der Waals surface area contributed by atoms with Crippen LogP contribution in [0.5, 0.6) is 6.01 Å². The Bertz CT molecular complexity index is 1040. The van der Waals surface area contributed by atoms with Crippen molar-refractivity contribution in [3.8, 4) is 6.01 Å². The van der Waals surface area contributed by atoms with E-state index in [1.165, 1.54) is 71.0 Å². The van der Waals surface area contributed by atoms with Crippen LogP contribution in [0.2, 0.25) is 0 Å². The number of nitrogens with zero attached hydrogens (tertiary/aromatic N) is 3. The van der Waals surface area contributed by atoms with Crippen molar-refractivity contribution < 1.29 is 17.7 Å². The fourth-order valence-electron chi connectivity index (χ4n) is 4.09. The van der Waals surface area contributed by atoms with Crippen LogP contribution < -0.4 is 4.74 Å². The summed E-state index contributed by atoms with van der Waals surface area (Å²) >= 11 is 0. The monoisotopic (exact) mass is 503 g/mol. The summed E-state index contributed by atoms with van der Waals surface area (Å²) in [4.78, 5) is 13.2. The molecule has 2 aromatic rings. The molecule has 35 heavy (non-hydrogen) atoms. The van der Waals surface area contributed by atoms with E-state index in [-0.39, 0.29) is 10.9 Å². The van der Waals surface area contributed by atoms with E-state index in [9.17, 15) is 13.0 Å². The van der Waals surface area contributed by atoms with Crippen molar-refractivity contribution in [2.45, 2.75) is 102 Å². The van der Waals surface area contributed by atoms with E-state index in [1.54, 1.807) is 25.1 Å². The highest BCUT2D eigenvalue weighted by Gasteiger charge is 2.16. The molecule has 1 N–H and O–H groups in total. The molecule has 0 saturated heterocycles. The molecule has 0 fully saturated rings. The minimum Gasteiger partial charge on any atom is -0.467 e. The first-order chi connectivity index (χ1) is 16.9. The van der Waals surface area contributed by atoms with Crippen molar-refractivity contribution in [2.75, 3.05) is 7.11 Å². The number of benzene rings is 1. The van der Waals surface area contributed by atoms with Crippen molar-refractivity contribution in [3.05, 3.63) is 47.1 Å². The van der Waals surface area contributed by atoms with Crippen LogP contribution in [-0.4, -0.2) is 35.0 Å². The van der Waals surface area contributed by atoms with Crippen molar-refractivity contribution in [1.29, 1.82) is 0 Å². The lowest BCUT2D eigenvalue weighted by molar-refractivity contribution is 0.373. The molecule has 0 aliphatic rings. The van der Waals surface area contributed by atoms with Crippen LogP contribution in [0.15, 0.2) is 29.2 Å². The number of methoxy groups -OCH3 is 1. The highest BCUT2D eigenvalue weighted by molar-refractivity contribution is 7.85. The van der Waals surface area contributed by atoms with Gasteiger partial charge in [-0.25, -0.2) is 4.98 Å². The van der Waals surface area contributed by atoms with Gasteiger partial charge in [-0.1, -0.05) is 95.4 Å². The Morgan fingerprint density at radius 3 is 2.06 bits per heavy atom. The van der Waals surface area contributed by atoms with Crippen LogP contribution in [0.4, 0.5) is 0 Å². The van der Waals surface area contributed by atoms with Crippen molar-refractivity contribution in [3.63, 3.8) is 0 Å². The van der Waals surface area contributed by atoms with Gasteiger partial charge in [-0.05, 0) is 30.5 Å². The minimum absolute atomic E-state index is 0.129. The third-order valence-electron chi connectivity index (χ3n) is 5.96. The quantitative estimate of drug-likeness (QED) is 0.191. The third-order valence-corrected chi connectivity index (χ3v) is 6.87. The third kappa shape index (κ3) is 10.9. The van der Waals surface area contributed by atoms with Crippen LogP contribution in [0.1, 0.15) is 107 Å². The molecule has 0 saturated carbocycles. The summed E-state index contributed by atoms with van der Waals surface area (Å²) < 4.78 is 38.5. The zero-order valence-corrected chi connectivity index (χ0v) is 22.3. The lowest BCUT2D eigenvalue weighted by Gasteiger charge is -2.09. The molecule has 0 unspecified atom stereocenters. The van der Waals surface area contributed by atoms with Gasteiger partial charge in [-0.2, -0.15) is 18.4 Å². The van der Waals surface area contributed by atoms with Crippen LogP contribution in [0, 0.1) is 0 Å². The second-order valence-electron chi connectivity index (χ2n) is 8.96. The summed E-state index contributed by atoms with van der Waals surface area (Å²) in [5.74, 6) is 1.19. The highest BCUT2D eigenvalue weighted by Crippen LogP contribution is 2.21. The summed E-state index contributed by atoms with van der Waals surface area (Å²) in [6.07, 6.45) is 18.5. The molecule has 1 aromatic carbocycles. The predicted molar refractivity (Wildman–Crippen MR) is 140 cm³/mol. The lowest BCUT2D eigenvalue weighted by Crippen LogP contribution is -2.08. The van der Waals surface area contributed by atoms with Crippen molar-refractivity contribution in [2.24, 2.45) is 0 Å². The molecule has 8 heteroatoms. The Morgan fingerprint density at radius 1 is 0.886 bits per heavy atom. The number of unbranched alkanes of at least 4 members (excludes halogenated alkanes) is 10. The van der Waals surface area contributed by atoms with E-state index < -0.39 is 10.1 Å². The summed E-state index contributed by atoms with van der Waals surface area (Å²) in [6, 6.07) is 5.20. The van der Waals surface area contributed by atoms with Gasteiger partial charge in [-0.15, -0.1) is 0 Å². The summed E-state index contributed by atoms with van der Waals surface area (Å²) in [5, 5.41) is 0. The second kappa shape index (κ2) is 15.6. The number of aryl methyl sites for hydroxylation is 1. The predicted octanol–water partition coefficient (Wildman–Crippen LogP) is 6.60. The van der Waals surface area contributed by atoms with E-state index in [2.05, 4.69) is 21.9 Å². The van der Waals surface area contributed by atoms with E-state index in [0.717, 1.165) is 19.3 Å². The van der Waals surface area contributed by atoms with Crippen LogP contribution in [0.25, 0.3) is 6.08 Å². The van der Waals surface area contributed by atoms with Crippen molar-refractivity contribution in [1.82, 2.24) is 15.0 Å². The first-order valence-electron chi connectivity index (χ1n) is 12.9. The minimum atomic E-state index is -4.35. The zero-order valence-electron chi connectivity index (χ0n) is 21.5. The summed E-state index contributed by atoms with van der Waals surface area (Å²) in [5.41, 5.74) is 1.11. The van der Waals surface area contributed by atoms with Gasteiger partial charge < -0.3 is 4.74 Å². The summed E-state index contributed by atoms with van der Waals surface area (Å²) in [7, 11) is -2.83. The average Bonchev–Trinajstić information content (AvgIpc) is 2.83. The first kappa shape index (κ1) is 28.9. The molecule has 1 heterocycles. The SMILES string of the molecule is C/C=C/c1ccc(Cc2nc(CCCCCCCCCCCCC)nc(OC)n2)cc1S(=O)(=O)O. The highest BCUT2D eigenvalue weighted by atomic mass is 32.2. The van der Waals surface area contributed by atoms with E-state index in [0.29, 0.717) is 29.2 Å². The molecular weight excluding hydrogens is 462 g/mol. The maximum Gasteiger partial charge on any atom is 0.319 e. The molecular formula is C27H41N3O4S. The molecule has 2 rings (SSSR count). The van der Waals surface area contributed by atoms with Gasteiger partial charge in [-0.3, -0.25) is 4.55 Å². The number of hydrogen-bond donors (Lipinski definition) is 1. The normalized spacial score (nSPS) is 11.9. The van der Waals surface area contributed by atoms with E-state index >= 15 is 0 Å². The Morgan fingerprint density at radius 2 is 1.49 bits per heavy atom. The van der Waals surface area contributed by atoms with Gasteiger partial charge in [0.15, 0.2) is 0 Å². The number of ether oxygens (including phenoxy) is 1. The number of aromatic nitrogens is 3. The molecule has 0 spiro atoms. The average molecular weight is 504 g/mol. The number of allylic oxidation sites excluding steroid dienone is 1. The van der Waals surface area contributed by atoms with Gasteiger partial charge in [0.05, 0.1) is 7.11 Å². The Balaban J connectivity index is 1.90. The van der Waals surface area contributed by atoms with Gasteiger partial charge >= 0.3 is 6.01 Å². The maximum atomic E-state index is 11.8. The molecule has 0 bridgehead atoms. The fraction of sp³-hybridized carbons (Fsp3) is 0.593. The van der Waals surface area contributed by atoms with E-state index in [4.69, 9.17) is 4.74 Å². The Hall–Kier alpha value is -2.32. The van der Waals surface area contributed by atoms with E-state index in [1.807, 2.05) is 6.07 Å². The van der Waals surface area contributed by atoms with Gasteiger partial charge in [0.25, 0.3) is 10.1 Å². The topological polar surface area (TPSA) is 102 Å². The Labute approximate surface area is 211 Å². The molecule has 1 aromatic heterocycles. The van der Waals surface area contributed by atoms with Crippen LogP contribution in [0.3, 0.4) is 0 Å². The van der Waals surface area contributed by atoms with Gasteiger partial charge in [0.2, 0.25) is 0 Å². The maximum absolute atomic E-state index is 11.8. The Kier molecular flexibility index (Phi) is 12.9. The molecule has 0 aliphatic carbocycles. The largest absolute Gasteiger partial charge is 0.467 e. The smallest absolute Gasteiger partial charge is 0.319 e. The van der Waals surface area contributed by atoms with Crippen LogP contribution >= 0.6 is 0 Å². The second-order valence-corrected chi connectivity index (χ2v) is 10.4. The molecule has 0 atom stereocenters. The number of rotatable bonds is 17. The van der Waals surface area contributed by atoms with Gasteiger partial charge in [0, 0.05) is 12.8 Å². The summed E-state index contributed by atoms with van der Waals surface area (Å²) in [6.45, 7) is 4.04. The van der Waals surface area contributed by atoms with Crippen LogP contribution in [-0.2, 0) is 23.0 Å². The lowest BCUT2D eigenvalue weighted by atomic mass is 10.1. The standard InChI is InChI=1S/C27H41N3O4S/c1-4-6-7-8-9-10-11-12-13-14-15-17-25-28-26(30-27(29-25)34-3)21-22-18-19-23(16-5-2)24(20-22)35(31,32)33/h5,16,18-20H,4,6-15,17,21H2,1-3H3,(H,31,32,33)/b16-5+. The molecule has 0 aliphatic heterocycles.